The summed E-state index contributed by atoms with van der Waals surface area (Å²) in [5.41, 5.74) is 3.35. The van der Waals surface area contributed by atoms with Crippen molar-refractivity contribution in [3.63, 3.8) is 0 Å². The molecule has 26 heavy (non-hydrogen) atoms. The highest BCUT2D eigenvalue weighted by Crippen LogP contribution is 2.45. The number of amides is 1. The van der Waals surface area contributed by atoms with Gasteiger partial charge in [0.15, 0.2) is 0 Å². The predicted octanol–water partition coefficient (Wildman–Crippen LogP) is 3.64. The summed E-state index contributed by atoms with van der Waals surface area (Å²) in [6, 6.07) is 7.30. The van der Waals surface area contributed by atoms with E-state index < -0.39 is 0 Å². The van der Waals surface area contributed by atoms with Gasteiger partial charge in [0.25, 0.3) is 5.56 Å². The minimum absolute atomic E-state index is 0.0531. The van der Waals surface area contributed by atoms with E-state index in [4.69, 9.17) is 0 Å². The van der Waals surface area contributed by atoms with E-state index in [2.05, 4.69) is 10.4 Å². The second-order valence-corrected chi connectivity index (χ2v) is 7.82. The van der Waals surface area contributed by atoms with E-state index in [1.165, 1.54) is 43.2 Å². The zero-order valence-electron chi connectivity index (χ0n) is 15.4. The van der Waals surface area contributed by atoms with Crippen LogP contribution in [0.3, 0.4) is 0 Å². The molecule has 0 spiro atoms. The maximum absolute atomic E-state index is 12.8. The molecule has 0 atom stereocenters. The molecule has 0 saturated heterocycles. The van der Waals surface area contributed by atoms with Crippen molar-refractivity contribution in [3.8, 4) is 0 Å². The number of fused-ring (bicyclic) bond motifs is 3. The molecule has 1 aromatic heterocycles. The Balaban J connectivity index is 1.57. The molecular weight excluding hydrogens is 326 g/mol. The summed E-state index contributed by atoms with van der Waals surface area (Å²) in [5.74, 6) is 2.40. The molecule has 2 aliphatic carbocycles. The van der Waals surface area contributed by atoms with Crippen LogP contribution in [0.15, 0.2) is 29.1 Å². The highest BCUT2D eigenvalue weighted by molar-refractivity contribution is 5.85. The molecule has 2 aliphatic rings. The van der Waals surface area contributed by atoms with Crippen LogP contribution in [0.2, 0.25) is 0 Å². The number of aromatic nitrogens is 2. The second kappa shape index (κ2) is 7.22. The molecule has 0 unspecified atom stereocenters. The highest BCUT2D eigenvalue weighted by atomic mass is 16.2. The molecular formula is C21H27N3O2. The Hall–Kier alpha value is -2.17. The molecule has 1 aromatic carbocycles. The molecule has 5 nitrogen and oxygen atoms in total. The average Bonchev–Trinajstić information content (AvgIpc) is 2.63. The number of para-hydroxylation sites is 1. The summed E-state index contributed by atoms with van der Waals surface area (Å²) in [7, 11) is 0. The number of rotatable bonds is 4. The van der Waals surface area contributed by atoms with Crippen LogP contribution in [0, 0.1) is 17.8 Å². The molecule has 0 radical (unpaired) electrons. The first-order valence-corrected chi connectivity index (χ1v) is 9.98. The first-order chi connectivity index (χ1) is 12.7. The van der Waals surface area contributed by atoms with Crippen LogP contribution in [-0.2, 0) is 11.2 Å². The maximum Gasteiger partial charge on any atom is 0.280 e. The number of nitrogens with one attached hydrogen (secondary N) is 1. The van der Waals surface area contributed by atoms with Gasteiger partial charge in [0, 0.05) is 12.8 Å². The van der Waals surface area contributed by atoms with Crippen molar-refractivity contribution in [3.05, 3.63) is 40.4 Å². The number of benzene rings is 1. The monoisotopic (exact) mass is 353 g/mol. The Labute approximate surface area is 153 Å². The Kier molecular flexibility index (Phi) is 4.79. The van der Waals surface area contributed by atoms with Crippen LogP contribution in [-0.4, -0.2) is 15.6 Å². The molecule has 1 amide bonds. The van der Waals surface area contributed by atoms with Crippen molar-refractivity contribution in [1.29, 1.82) is 0 Å². The second-order valence-electron chi connectivity index (χ2n) is 7.82. The van der Waals surface area contributed by atoms with Gasteiger partial charge in [-0.1, -0.05) is 57.6 Å². The van der Waals surface area contributed by atoms with Gasteiger partial charge >= 0.3 is 0 Å². The van der Waals surface area contributed by atoms with E-state index in [0.29, 0.717) is 47.3 Å². The number of hydrogen-bond donors (Lipinski definition) is 1. The third-order valence-corrected chi connectivity index (χ3v) is 6.33. The molecule has 0 aliphatic heterocycles. The van der Waals surface area contributed by atoms with Gasteiger partial charge in [0.05, 0.1) is 10.9 Å². The molecule has 1 N–H and O–H groups in total. The van der Waals surface area contributed by atoms with Crippen LogP contribution in [0.25, 0.3) is 10.9 Å². The van der Waals surface area contributed by atoms with E-state index in [1.807, 2.05) is 25.1 Å². The Morgan fingerprint density at radius 3 is 2.46 bits per heavy atom. The maximum atomic E-state index is 12.8. The third-order valence-electron chi connectivity index (χ3n) is 6.33. The Morgan fingerprint density at radius 2 is 1.81 bits per heavy atom. The van der Waals surface area contributed by atoms with Crippen LogP contribution in [0.5, 0.6) is 0 Å². The largest absolute Gasteiger partial charge is 0.280 e. The van der Waals surface area contributed by atoms with Gasteiger partial charge in [-0.2, -0.15) is 0 Å². The van der Waals surface area contributed by atoms with Crippen molar-refractivity contribution < 1.29 is 4.79 Å². The highest BCUT2D eigenvalue weighted by Gasteiger charge is 2.37. The first kappa shape index (κ1) is 17.3. The number of hydrogen-bond acceptors (Lipinski definition) is 3. The standard InChI is InChI=1S/C21H27N3O2/c1-2-19-22-18-12-4-3-11-16(18)21(26)24(19)23-20(25)13-17-14-7-5-8-15(17)10-6-9-14/h3-4,11-12,14-15,17H,2,5-10,13H2,1H3,(H,23,25). The molecule has 2 fully saturated rings. The SMILES string of the molecule is CCc1nc2ccccc2c(=O)n1NC(=O)CC1C2CCCC1CCC2. The number of carbonyl (C=O) groups is 1. The number of carbonyl (C=O) groups excluding carboxylic acids is 1. The smallest absolute Gasteiger partial charge is 0.273 e. The van der Waals surface area contributed by atoms with Gasteiger partial charge in [0.2, 0.25) is 5.91 Å². The van der Waals surface area contributed by atoms with Crippen molar-refractivity contribution in [2.24, 2.45) is 17.8 Å². The van der Waals surface area contributed by atoms with Crippen molar-refractivity contribution in [1.82, 2.24) is 9.66 Å². The summed E-state index contributed by atoms with van der Waals surface area (Å²) in [6.07, 6.45) is 8.76. The summed E-state index contributed by atoms with van der Waals surface area (Å²) in [6.45, 7) is 1.95. The molecule has 5 heteroatoms. The lowest BCUT2D eigenvalue weighted by Gasteiger charge is -2.42. The van der Waals surface area contributed by atoms with E-state index in [-0.39, 0.29) is 11.5 Å². The summed E-state index contributed by atoms with van der Waals surface area (Å²) >= 11 is 0. The molecule has 2 saturated carbocycles. The van der Waals surface area contributed by atoms with Crippen molar-refractivity contribution in [2.75, 3.05) is 5.43 Å². The fourth-order valence-corrected chi connectivity index (χ4v) is 5.06. The molecule has 2 bridgehead atoms. The average molecular weight is 353 g/mol. The molecule has 138 valence electrons. The van der Waals surface area contributed by atoms with E-state index in [0.717, 1.165) is 0 Å². The van der Waals surface area contributed by atoms with Gasteiger partial charge in [-0.25, -0.2) is 9.66 Å². The van der Waals surface area contributed by atoms with E-state index in [9.17, 15) is 9.59 Å². The van der Waals surface area contributed by atoms with Crippen LogP contribution >= 0.6 is 0 Å². The van der Waals surface area contributed by atoms with Crippen LogP contribution in [0.4, 0.5) is 0 Å². The fraction of sp³-hybridized carbons (Fsp3) is 0.571. The zero-order chi connectivity index (χ0) is 18.1. The van der Waals surface area contributed by atoms with Crippen molar-refractivity contribution in [2.45, 2.75) is 58.3 Å². The minimum atomic E-state index is -0.190. The molecule has 4 rings (SSSR count). The molecule has 1 heterocycles. The lowest BCUT2D eigenvalue weighted by molar-refractivity contribution is -0.119. The summed E-state index contributed by atoms with van der Waals surface area (Å²) in [4.78, 5) is 30.2. The van der Waals surface area contributed by atoms with Gasteiger partial charge in [0.1, 0.15) is 5.82 Å². The Bertz CT molecular complexity index is 851. The summed E-state index contributed by atoms with van der Waals surface area (Å²) < 4.78 is 1.36. The topological polar surface area (TPSA) is 64.0 Å². The lowest BCUT2D eigenvalue weighted by atomic mass is 9.63. The van der Waals surface area contributed by atoms with Crippen LogP contribution in [0.1, 0.15) is 57.7 Å². The fourth-order valence-electron chi connectivity index (χ4n) is 5.06. The quantitative estimate of drug-likeness (QED) is 0.913. The van der Waals surface area contributed by atoms with E-state index in [1.54, 1.807) is 6.07 Å². The normalized spacial score (nSPS) is 25.2. The van der Waals surface area contributed by atoms with Crippen LogP contribution < -0.4 is 11.0 Å². The Morgan fingerprint density at radius 1 is 1.15 bits per heavy atom. The van der Waals surface area contributed by atoms with Gasteiger partial charge in [-0.3, -0.25) is 15.0 Å². The zero-order valence-corrected chi connectivity index (χ0v) is 15.4. The number of nitrogens with zero attached hydrogens (tertiary/aromatic N) is 2. The predicted molar refractivity (Wildman–Crippen MR) is 103 cm³/mol. The van der Waals surface area contributed by atoms with Gasteiger partial charge < -0.3 is 0 Å². The number of aryl methyl sites for hydroxylation is 1. The molecule has 2 aromatic rings. The summed E-state index contributed by atoms with van der Waals surface area (Å²) in [5, 5.41) is 0.541. The van der Waals surface area contributed by atoms with E-state index >= 15 is 0 Å². The van der Waals surface area contributed by atoms with Gasteiger partial charge in [-0.05, 0) is 29.9 Å². The lowest BCUT2D eigenvalue weighted by Crippen LogP contribution is -2.40. The van der Waals surface area contributed by atoms with Crippen molar-refractivity contribution >= 4 is 16.8 Å². The first-order valence-electron chi connectivity index (χ1n) is 9.98. The van der Waals surface area contributed by atoms with Gasteiger partial charge in [-0.15, -0.1) is 0 Å². The minimum Gasteiger partial charge on any atom is -0.273 e. The third kappa shape index (κ3) is 3.15.